The summed E-state index contributed by atoms with van der Waals surface area (Å²) in [7, 11) is 0. The zero-order valence-corrected chi connectivity index (χ0v) is 11.5. The van der Waals surface area contributed by atoms with Crippen LogP contribution in [0.15, 0.2) is 18.2 Å². The largest absolute Gasteiger partial charge is 0.399 e. The Hall–Kier alpha value is -1.26. The van der Waals surface area contributed by atoms with Crippen LogP contribution in [0.1, 0.15) is 20.3 Å². The van der Waals surface area contributed by atoms with E-state index in [1.807, 2.05) is 0 Å². The van der Waals surface area contributed by atoms with Crippen LogP contribution in [0.25, 0.3) is 0 Å². The number of hydrogen-bond acceptors (Lipinski definition) is 3. The monoisotopic (exact) mass is 270 g/mol. The molecule has 0 atom stereocenters. The standard InChI is InChI=1S/C13H19ClN2O2/c1-9(2)5-6-18-8-13(17)16-12-7-10(15)3-4-11(12)14/h3-4,7,9H,5-6,8,15H2,1-2H3,(H,16,17). The second kappa shape index (κ2) is 7.24. The first kappa shape index (κ1) is 14.8. The van der Waals surface area contributed by atoms with E-state index in [9.17, 15) is 4.79 Å². The number of carbonyl (C=O) groups excluding carboxylic acids is 1. The highest BCUT2D eigenvalue weighted by atomic mass is 35.5. The Bertz CT molecular complexity index is 408. The minimum absolute atomic E-state index is 0.0256. The van der Waals surface area contributed by atoms with Gasteiger partial charge in [0.15, 0.2) is 0 Å². The molecule has 100 valence electrons. The van der Waals surface area contributed by atoms with Crippen molar-refractivity contribution in [2.75, 3.05) is 24.3 Å². The summed E-state index contributed by atoms with van der Waals surface area (Å²) in [4.78, 5) is 11.6. The molecule has 0 aliphatic heterocycles. The van der Waals surface area contributed by atoms with Gasteiger partial charge in [0.2, 0.25) is 5.91 Å². The maximum absolute atomic E-state index is 11.6. The number of anilines is 2. The van der Waals surface area contributed by atoms with E-state index in [0.29, 0.717) is 28.9 Å². The number of nitrogens with one attached hydrogen (secondary N) is 1. The topological polar surface area (TPSA) is 64.3 Å². The molecule has 0 aromatic heterocycles. The third-order valence-corrected chi connectivity index (χ3v) is 2.67. The number of hydrogen-bond donors (Lipinski definition) is 2. The molecular weight excluding hydrogens is 252 g/mol. The second-order valence-corrected chi connectivity index (χ2v) is 4.93. The Balaban J connectivity index is 2.38. The van der Waals surface area contributed by atoms with Crippen molar-refractivity contribution in [3.63, 3.8) is 0 Å². The maximum atomic E-state index is 11.6. The third kappa shape index (κ3) is 5.38. The molecule has 0 bridgehead atoms. The highest BCUT2D eigenvalue weighted by Crippen LogP contribution is 2.23. The molecule has 4 nitrogen and oxygen atoms in total. The smallest absolute Gasteiger partial charge is 0.250 e. The van der Waals surface area contributed by atoms with Crippen molar-refractivity contribution in [2.24, 2.45) is 5.92 Å². The van der Waals surface area contributed by atoms with E-state index in [4.69, 9.17) is 22.1 Å². The van der Waals surface area contributed by atoms with E-state index >= 15 is 0 Å². The number of rotatable bonds is 6. The molecule has 1 amide bonds. The molecule has 0 aliphatic rings. The van der Waals surface area contributed by atoms with E-state index in [0.717, 1.165) is 6.42 Å². The molecule has 0 heterocycles. The van der Waals surface area contributed by atoms with Gasteiger partial charge in [-0.1, -0.05) is 25.4 Å². The highest BCUT2D eigenvalue weighted by Gasteiger charge is 2.06. The summed E-state index contributed by atoms with van der Waals surface area (Å²) in [6.45, 7) is 4.82. The summed E-state index contributed by atoms with van der Waals surface area (Å²) in [6.07, 6.45) is 0.937. The summed E-state index contributed by atoms with van der Waals surface area (Å²) in [5.41, 5.74) is 6.68. The lowest BCUT2D eigenvalue weighted by Crippen LogP contribution is -2.19. The summed E-state index contributed by atoms with van der Waals surface area (Å²) >= 11 is 5.93. The summed E-state index contributed by atoms with van der Waals surface area (Å²) in [6, 6.07) is 4.94. The first-order valence-corrected chi connectivity index (χ1v) is 6.29. The molecule has 1 aromatic carbocycles. The highest BCUT2D eigenvalue weighted by molar-refractivity contribution is 6.33. The predicted molar refractivity (Wildman–Crippen MR) is 74.8 cm³/mol. The van der Waals surface area contributed by atoms with Crippen LogP contribution in [-0.2, 0) is 9.53 Å². The molecule has 1 aromatic rings. The van der Waals surface area contributed by atoms with Gasteiger partial charge < -0.3 is 15.8 Å². The fourth-order valence-corrected chi connectivity index (χ4v) is 1.47. The SMILES string of the molecule is CC(C)CCOCC(=O)Nc1cc(N)ccc1Cl. The average molecular weight is 271 g/mol. The quantitative estimate of drug-likeness (QED) is 0.617. The number of ether oxygens (including phenoxy) is 1. The molecule has 18 heavy (non-hydrogen) atoms. The predicted octanol–water partition coefficient (Wildman–Crippen LogP) is 2.92. The van der Waals surface area contributed by atoms with E-state index < -0.39 is 0 Å². The van der Waals surface area contributed by atoms with Crippen LogP contribution in [0.3, 0.4) is 0 Å². The van der Waals surface area contributed by atoms with Crippen molar-refractivity contribution < 1.29 is 9.53 Å². The van der Waals surface area contributed by atoms with Gasteiger partial charge in [0.1, 0.15) is 6.61 Å². The second-order valence-electron chi connectivity index (χ2n) is 4.52. The van der Waals surface area contributed by atoms with Crippen LogP contribution >= 0.6 is 11.6 Å². The van der Waals surface area contributed by atoms with Crippen molar-refractivity contribution in [1.29, 1.82) is 0 Å². The third-order valence-electron chi connectivity index (χ3n) is 2.34. The van der Waals surface area contributed by atoms with E-state index in [1.54, 1.807) is 18.2 Å². The van der Waals surface area contributed by atoms with Gasteiger partial charge in [0.05, 0.1) is 10.7 Å². The Morgan fingerprint density at radius 3 is 2.89 bits per heavy atom. The number of nitrogens with two attached hydrogens (primary N) is 1. The molecule has 3 N–H and O–H groups in total. The van der Waals surface area contributed by atoms with Gasteiger partial charge in [0.25, 0.3) is 0 Å². The molecule has 1 rings (SSSR count). The number of carbonyl (C=O) groups is 1. The maximum Gasteiger partial charge on any atom is 0.250 e. The fraction of sp³-hybridized carbons (Fsp3) is 0.462. The summed E-state index contributed by atoms with van der Waals surface area (Å²) < 4.78 is 5.26. The number of halogens is 1. The number of amides is 1. The zero-order chi connectivity index (χ0) is 13.5. The van der Waals surface area contributed by atoms with Gasteiger partial charge in [-0.15, -0.1) is 0 Å². The minimum Gasteiger partial charge on any atom is -0.399 e. The van der Waals surface area contributed by atoms with Crippen molar-refractivity contribution in [3.05, 3.63) is 23.2 Å². The molecule has 0 saturated heterocycles. The molecule has 0 radical (unpaired) electrons. The van der Waals surface area contributed by atoms with Crippen LogP contribution < -0.4 is 11.1 Å². The van der Waals surface area contributed by atoms with Crippen LogP contribution in [0.5, 0.6) is 0 Å². The molecule has 0 unspecified atom stereocenters. The lowest BCUT2D eigenvalue weighted by molar-refractivity contribution is -0.120. The van der Waals surface area contributed by atoms with Crippen molar-refractivity contribution >= 4 is 28.9 Å². The zero-order valence-electron chi connectivity index (χ0n) is 10.7. The first-order valence-electron chi connectivity index (χ1n) is 5.91. The van der Waals surface area contributed by atoms with Gasteiger partial charge in [-0.2, -0.15) is 0 Å². The molecule has 5 heteroatoms. The summed E-state index contributed by atoms with van der Waals surface area (Å²) in [5.74, 6) is 0.336. The average Bonchev–Trinajstić information content (AvgIpc) is 2.29. The Morgan fingerprint density at radius 2 is 2.22 bits per heavy atom. The van der Waals surface area contributed by atoms with Gasteiger partial charge >= 0.3 is 0 Å². The fourth-order valence-electron chi connectivity index (χ4n) is 1.31. The van der Waals surface area contributed by atoms with Gasteiger partial charge in [-0.25, -0.2) is 0 Å². The van der Waals surface area contributed by atoms with E-state index in [1.165, 1.54) is 0 Å². The van der Waals surface area contributed by atoms with Gasteiger partial charge in [-0.3, -0.25) is 4.79 Å². The molecular formula is C13H19ClN2O2. The molecule has 0 aliphatic carbocycles. The van der Waals surface area contributed by atoms with E-state index in [-0.39, 0.29) is 12.5 Å². The van der Waals surface area contributed by atoms with Crippen molar-refractivity contribution in [3.8, 4) is 0 Å². The molecule has 0 spiro atoms. The number of nitrogen functional groups attached to an aromatic ring is 1. The summed E-state index contributed by atoms with van der Waals surface area (Å²) in [5, 5.41) is 3.12. The molecule has 0 saturated carbocycles. The Kier molecular flexibility index (Phi) is 5.95. The van der Waals surface area contributed by atoms with Crippen LogP contribution in [0, 0.1) is 5.92 Å². The normalized spacial score (nSPS) is 10.7. The van der Waals surface area contributed by atoms with Crippen molar-refractivity contribution in [2.45, 2.75) is 20.3 Å². The van der Waals surface area contributed by atoms with Crippen LogP contribution in [0.2, 0.25) is 5.02 Å². The van der Waals surface area contributed by atoms with E-state index in [2.05, 4.69) is 19.2 Å². The van der Waals surface area contributed by atoms with Crippen LogP contribution in [-0.4, -0.2) is 19.1 Å². The Morgan fingerprint density at radius 1 is 1.50 bits per heavy atom. The van der Waals surface area contributed by atoms with Gasteiger partial charge in [0, 0.05) is 12.3 Å². The Labute approximate surface area is 112 Å². The first-order chi connectivity index (χ1) is 8.49. The lowest BCUT2D eigenvalue weighted by atomic mass is 10.1. The number of benzene rings is 1. The van der Waals surface area contributed by atoms with Crippen molar-refractivity contribution in [1.82, 2.24) is 0 Å². The van der Waals surface area contributed by atoms with Crippen LogP contribution in [0.4, 0.5) is 11.4 Å². The minimum atomic E-state index is -0.230. The lowest BCUT2D eigenvalue weighted by Gasteiger charge is -2.09. The molecule has 0 fully saturated rings. The van der Waals surface area contributed by atoms with Gasteiger partial charge in [-0.05, 0) is 30.5 Å².